The Labute approximate surface area is 147 Å². The van der Waals surface area contributed by atoms with Gasteiger partial charge in [-0.15, -0.1) is 0 Å². The summed E-state index contributed by atoms with van der Waals surface area (Å²) < 4.78 is 34.5. The first-order chi connectivity index (χ1) is 11.6. The second kappa shape index (κ2) is 6.18. The molecule has 3 fully saturated rings. The fraction of sp³-hybridized carbons (Fsp3) is 0.882. The molecule has 140 valence electrons. The highest BCUT2D eigenvalue weighted by Crippen LogP contribution is 2.44. The van der Waals surface area contributed by atoms with Crippen LogP contribution in [0, 0.1) is 11.3 Å². The summed E-state index contributed by atoms with van der Waals surface area (Å²) in [5, 5.41) is 9.71. The number of esters is 1. The van der Waals surface area contributed by atoms with Crippen LogP contribution in [-0.4, -0.2) is 60.8 Å². The molecule has 0 N–H and O–H groups in total. The average Bonchev–Trinajstić information content (AvgIpc) is 3.03. The third-order valence-corrected chi connectivity index (χ3v) is 4.55. The Morgan fingerprint density at radius 3 is 2.28 bits per heavy atom. The quantitative estimate of drug-likeness (QED) is 0.699. The molecule has 8 nitrogen and oxygen atoms in total. The SMILES string of the molecule is CCOC(=O)[C@]1(C#N)C[C@H]2OC(C)(C)O[C@H]2[C@@H]([C@H]2COC(C)(C)O2)O1. The molecule has 0 aromatic heterocycles. The lowest BCUT2D eigenvalue weighted by molar-refractivity contribution is -0.226. The lowest BCUT2D eigenvalue weighted by Gasteiger charge is -2.41. The smallest absolute Gasteiger partial charge is 0.353 e. The van der Waals surface area contributed by atoms with Gasteiger partial charge in [-0.3, -0.25) is 0 Å². The molecule has 0 aromatic rings. The molecule has 0 saturated carbocycles. The topological polar surface area (TPSA) is 96.2 Å². The minimum Gasteiger partial charge on any atom is -0.463 e. The van der Waals surface area contributed by atoms with Gasteiger partial charge in [0.2, 0.25) is 0 Å². The van der Waals surface area contributed by atoms with E-state index in [0.717, 1.165) is 0 Å². The van der Waals surface area contributed by atoms with Crippen molar-refractivity contribution in [3.63, 3.8) is 0 Å². The van der Waals surface area contributed by atoms with Gasteiger partial charge >= 0.3 is 5.97 Å². The van der Waals surface area contributed by atoms with Crippen molar-refractivity contribution in [2.75, 3.05) is 13.2 Å². The molecule has 0 radical (unpaired) electrons. The molecule has 3 heterocycles. The number of nitriles is 1. The molecular weight excluding hydrogens is 330 g/mol. The maximum absolute atomic E-state index is 12.5. The Balaban J connectivity index is 1.91. The third kappa shape index (κ3) is 3.39. The predicted molar refractivity (Wildman–Crippen MR) is 83.2 cm³/mol. The van der Waals surface area contributed by atoms with E-state index in [1.165, 1.54) is 0 Å². The summed E-state index contributed by atoms with van der Waals surface area (Å²) >= 11 is 0. The molecule has 0 unspecified atom stereocenters. The van der Waals surface area contributed by atoms with Gasteiger partial charge < -0.3 is 28.4 Å². The van der Waals surface area contributed by atoms with Gasteiger partial charge in [-0.1, -0.05) is 0 Å². The van der Waals surface area contributed by atoms with Crippen LogP contribution in [0.15, 0.2) is 0 Å². The van der Waals surface area contributed by atoms with E-state index in [0.29, 0.717) is 0 Å². The molecule has 0 aromatic carbocycles. The van der Waals surface area contributed by atoms with E-state index in [-0.39, 0.29) is 19.6 Å². The van der Waals surface area contributed by atoms with Crippen molar-refractivity contribution in [2.24, 2.45) is 0 Å². The van der Waals surface area contributed by atoms with Crippen molar-refractivity contribution in [1.82, 2.24) is 0 Å². The first kappa shape index (κ1) is 18.5. The molecule has 0 amide bonds. The maximum atomic E-state index is 12.5. The van der Waals surface area contributed by atoms with Gasteiger partial charge in [0.05, 0.1) is 19.3 Å². The largest absolute Gasteiger partial charge is 0.463 e. The fourth-order valence-electron chi connectivity index (χ4n) is 3.59. The van der Waals surface area contributed by atoms with Crippen LogP contribution >= 0.6 is 0 Å². The number of hydrogen-bond donors (Lipinski definition) is 0. The lowest BCUT2D eigenvalue weighted by atomic mass is 9.87. The Morgan fingerprint density at radius 1 is 1.08 bits per heavy atom. The van der Waals surface area contributed by atoms with Crippen LogP contribution in [0.1, 0.15) is 41.0 Å². The molecule has 0 spiro atoms. The summed E-state index contributed by atoms with van der Waals surface area (Å²) in [4.78, 5) is 12.5. The second-order valence-electron chi connectivity index (χ2n) is 7.45. The molecular formula is C17H25NO7. The highest BCUT2D eigenvalue weighted by Gasteiger charge is 2.61. The third-order valence-electron chi connectivity index (χ3n) is 4.55. The maximum Gasteiger partial charge on any atom is 0.353 e. The lowest BCUT2D eigenvalue weighted by Crippen LogP contribution is -2.60. The Bertz CT molecular complexity index is 584. The number of ether oxygens (including phenoxy) is 6. The van der Waals surface area contributed by atoms with Crippen molar-refractivity contribution >= 4 is 5.97 Å². The van der Waals surface area contributed by atoms with Crippen LogP contribution in [0.5, 0.6) is 0 Å². The van der Waals surface area contributed by atoms with Crippen LogP contribution in [0.4, 0.5) is 0 Å². The summed E-state index contributed by atoms with van der Waals surface area (Å²) in [6.45, 7) is 9.28. The standard InChI is InChI=1S/C17H25NO7/c1-6-20-14(19)17(9-18)7-10-12(24-16(4,5)22-10)13(25-17)11-8-21-15(2,3)23-11/h10-13H,6-8H2,1-5H3/t10-,11-,12-,13-,17-/m1/s1. The summed E-state index contributed by atoms with van der Waals surface area (Å²) in [6.07, 6.45) is -2.07. The van der Waals surface area contributed by atoms with Gasteiger partial charge in [-0.05, 0) is 34.6 Å². The monoisotopic (exact) mass is 355 g/mol. The summed E-state index contributed by atoms with van der Waals surface area (Å²) in [5.74, 6) is -2.33. The zero-order valence-electron chi connectivity index (χ0n) is 15.2. The Hall–Kier alpha value is -1.24. The number of rotatable bonds is 3. The van der Waals surface area contributed by atoms with Crippen molar-refractivity contribution in [3.8, 4) is 6.07 Å². The Morgan fingerprint density at radius 2 is 1.72 bits per heavy atom. The molecule has 5 atom stereocenters. The van der Waals surface area contributed by atoms with E-state index in [4.69, 9.17) is 28.4 Å². The van der Waals surface area contributed by atoms with Crippen LogP contribution < -0.4 is 0 Å². The van der Waals surface area contributed by atoms with Crippen LogP contribution in [0.25, 0.3) is 0 Å². The first-order valence-corrected chi connectivity index (χ1v) is 8.55. The van der Waals surface area contributed by atoms with E-state index >= 15 is 0 Å². The highest BCUT2D eigenvalue weighted by molar-refractivity contribution is 5.83. The predicted octanol–water partition coefficient (Wildman–Crippen LogP) is 1.27. The highest BCUT2D eigenvalue weighted by atomic mass is 16.8. The summed E-state index contributed by atoms with van der Waals surface area (Å²) in [7, 11) is 0. The molecule has 3 saturated heterocycles. The number of fused-ring (bicyclic) bond motifs is 1. The van der Waals surface area contributed by atoms with E-state index in [2.05, 4.69) is 0 Å². The van der Waals surface area contributed by atoms with E-state index in [1.807, 2.05) is 6.07 Å². The minimum atomic E-state index is -1.75. The number of carbonyl (C=O) groups excluding carboxylic acids is 1. The molecule has 3 rings (SSSR count). The van der Waals surface area contributed by atoms with Gasteiger partial charge in [0.15, 0.2) is 11.6 Å². The number of hydrogen-bond acceptors (Lipinski definition) is 8. The van der Waals surface area contributed by atoms with Crippen molar-refractivity contribution in [1.29, 1.82) is 5.26 Å². The van der Waals surface area contributed by atoms with Crippen LogP contribution in [0.2, 0.25) is 0 Å². The fourth-order valence-corrected chi connectivity index (χ4v) is 3.59. The minimum absolute atomic E-state index is 0.0455. The molecule has 3 aliphatic heterocycles. The molecule has 3 aliphatic rings. The molecule has 0 bridgehead atoms. The molecule has 25 heavy (non-hydrogen) atoms. The van der Waals surface area contributed by atoms with Crippen molar-refractivity contribution in [2.45, 2.75) is 82.6 Å². The van der Waals surface area contributed by atoms with Gasteiger partial charge in [-0.2, -0.15) is 5.26 Å². The summed E-state index contributed by atoms with van der Waals surface area (Å²) in [5.41, 5.74) is -1.75. The van der Waals surface area contributed by atoms with Crippen molar-refractivity contribution in [3.05, 3.63) is 0 Å². The van der Waals surface area contributed by atoms with E-state index < -0.39 is 47.6 Å². The van der Waals surface area contributed by atoms with E-state index in [9.17, 15) is 10.1 Å². The summed E-state index contributed by atoms with van der Waals surface area (Å²) in [6, 6.07) is 1.99. The number of carbonyl (C=O) groups is 1. The Kier molecular flexibility index (Phi) is 4.58. The average molecular weight is 355 g/mol. The molecule has 0 aliphatic carbocycles. The van der Waals surface area contributed by atoms with Gasteiger partial charge in [0.25, 0.3) is 5.60 Å². The first-order valence-electron chi connectivity index (χ1n) is 8.55. The second-order valence-corrected chi connectivity index (χ2v) is 7.45. The van der Waals surface area contributed by atoms with Gasteiger partial charge in [0, 0.05) is 6.42 Å². The zero-order valence-corrected chi connectivity index (χ0v) is 15.2. The van der Waals surface area contributed by atoms with Crippen LogP contribution in [0.3, 0.4) is 0 Å². The van der Waals surface area contributed by atoms with Crippen molar-refractivity contribution < 1.29 is 33.2 Å². The normalized spacial score (nSPS) is 41.8. The van der Waals surface area contributed by atoms with Gasteiger partial charge in [-0.25, -0.2) is 4.79 Å². The van der Waals surface area contributed by atoms with Crippen LogP contribution in [-0.2, 0) is 33.2 Å². The van der Waals surface area contributed by atoms with Gasteiger partial charge in [0.1, 0.15) is 24.4 Å². The number of nitrogens with zero attached hydrogens (tertiary/aromatic N) is 1. The molecule has 8 heteroatoms. The van der Waals surface area contributed by atoms with E-state index in [1.54, 1.807) is 34.6 Å². The zero-order chi connectivity index (χ0) is 18.5.